The van der Waals surface area contributed by atoms with Crippen LogP contribution in [0.2, 0.25) is 0 Å². The summed E-state index contributed by atoms with van der Waals surface area (Å²) in [6.45, 7) is 6.93. The Morgan fingerprint density at radius 1 is 1.30 bits per heavy atom. The molecule has 2 rings (SSSR count). The number of amides is 1. The molecule has 2 N–H and O–H groups in total. The summed E-state index contributed by atoms with van der Waals surface area (Å²) in [6.07, 6.45) is 4.22. The maximum absolute atomic E-state index is 12.3. The minimum absolute atomic E-state index is 0.0222. The Bertz CT molecular complexity index is 568. The standard InChI is InChI=1S/C16H21N3O/c1-16(2,3)14-7-5-4-6-13(14)15(20)18-9-8-12-10-17-11-19-12/h4-7,10-11H,8-9H2,1-3H3,(H,17,19)(H,18,20). The van der Waals surface area contributed by atoms with E-state index in [4.69, 9.17) is 0 Å². The smallest absolute Gasteiger partial charge is 0.251 e. The van der Waals surface area contributed by atoms with Crippen molar-refractivity contribution < 1.29 is 4.79 Å². The largest absolute Gasteiger partial charge is 0.352 e. The number of hydrogen-bond acceptors (Lipinski definition) is 2. The first kappa shape index (κ1) is 14.3. The molecule has 0 saturated heterocycles. The van der Waals surface area contributed by atoms with Crippen LogP contribution in [0, 0.1) is 0 Å². The number of H-pyrrole nitrogens is 1. The highest BCUT2D eigenvalue weighted by atomic mass is 16.1. The number of hydrogen-bond donors (Lipinski definition) is 2. The first-order valence-corrected chi connectivity index (χ1v) is 6.84. The Morgan fingerprint density at radius 3 is 2.70 bits per heavy atom. The Labute approximate surface area is 119 Å². The van der Waals surface area contributed by atoms with E-state index in [9.17, 15) is 4.79 Å². The van der Waals surface area contributed by atoms with Crippen LogP contribution in [0.5, 0.6) is 0 Å². The molecule has 0 fully saturated rings. The third-order valence-electron chi connectivity index (χ3n) is 3.20. The summed E-state index contributed by atoms with van der Waals surface area (Å²) in [5.74, 6) is -0.0222. The van der Waals surface area contributed by atoms with E-state index >= 15 is 0 Å². The number of carbonyl (C=O) groups excluding carboxylic acids is 1. The van der Waals surface area contributed by atoms with Crippen molar-refractivity contribution >= 4 is 5.91 Å². The Morgan fingerprint density at radius 2 is 2.05 bits per heavy atom. The van der Waals surface area contributed by atoms with Crippen LogP contribution in [-0.2, 0) is 11.8 Å². The van der Waals surface area contributed by atoms with Gasteiger partial charge in [0.15, 0.2) is 0 Å². The zero-order valence-electron chi connectivity index (χ0n) is 12.2. The van der Waals surface area contributed by atoms with Crippen molar-refractivity contribution in [2.75, 3.05) is 6.54 Å². The molecule has 1 heterocycles. The van der Waals surface area contributed by atoms with Gasteiger partial charge in [0.2, 0.25) is 0 Å². The van der Waals surface area contributed by atoms with Crippen LogP contribution in [0.4, 0.5) is 0 Å². The Balaban J connectivity index is 2.02. The minimum atomic E-state index is -0.0455. The Hall–Kier alpha value is -2.10. The third-order valence-corrected chi connectivity index (χ3v) is 3.20. The highest BCUT2D eigenvalue weighted by Gasteiger charge is 2.20. The van der Waals surface area contributed by atoms with Crippen molar-refractivity contribution in [3.63, 3.8) is 0 Å². The lowest BCUT2D eigenvalue weighted by Crippen LogP contribution is -2.28. The number of imidazole rings is 1. The van der Waals surface area contributed by atoms with Crippen LogP contribution in [0.1, 0.15) is 42.4 Å². The molecule has 106 valence electrons. The summed E-state index contributed by atoms with van der Waals surface area (Å²) in [7, 11) is 0. The fourth-order valence-corrected chi connectivity index (χ4v) is 2.16. The topological polar surface area (TPSA) is 57.8 Å². The van der Waals surface area contributed by atoms with Crippen molar-refractivity contribution in [1.82, 2.24) is 15.3 Å². The maximum Gasteiger partial charge on any atom is 0.251 e. The van der Waals surface area contributed by atoms with E-state index in [1.807, 2.05) is 30.5 Å². The molecular formula is C16H21N3O. The van der Waals surface area contributed by atoms with Gasteiger partial charge >= 0.3 is 0 Å². The van der Waals surface area contributed by atoms with Gasteiger partial charge in [-0.3, -0.25) is 4.79 Å². The molecule has 4 nitrogen and oxygen atoms in total. The lowest BCUT2D eigenvalue weighted by molar-refractivity contribution is 0.0952. The van der Waals surface area contributed by atoms with E-state index in [1.54, 1.807) is 6.33 Å². The van der Waals surface area contributed by atoms with E-state index < -0.39 is 0 Å². The van der Waals surface area contributed by atoms with E-state index in [2.05, 4.69) is 36.1 Å². The molecule has 0 aliphatic heterocycles. The van der Waals surface area contributed by atoms with Crippen LogP contribution in [0.15, 0.2) is 36.8 Å². The van der Waals surface area contributed by atoms with Crippen LogP contribution in [-0.4, -0.2) is 22.4 Å². The maximum atomic E-state index is 12.3. The summed E-state index contributed by atoms with van der Waals surface area (Å²) in [6, 6.07) is 7.77. The summed E-state index contributed by atoms with van der Waals surface area (Å²) in [4.78, 5) is 19.3. The zero-order chi connectivity index (χ0) is 14.6. The molecule has 0 spiro atoms. The van der Waals surface area contributed by atoms with Gasteiger partial charge in [-0.2, -0.15) is 0 Å². The van der Waals surface area contributed by atoms with Crippen molar-refractivity contribution in [3.05, 3.63) is 53.6 Å². The van der Waals surface area contributed by atoms with E-state index in [1.165, 1.54) is 0 Å². The normalized spacial score (nSPS) is 11.3. The monoisotopic (exact) mass is 271 g/mol. The van der Waals surface area contributed by atoms with Gasteiger partial charge in [0.25, 0.3) is 5.91 Å². The predicted molar refractivity (Wildman–Crippen MR) is 79.8 cm³/mol. The van der Waals surface area contributed by atoms with Crippen molar-refractivity contribution in [3.8, 4) is 0 Å². The summed E-state index contributed by atoms with van der Waals surface area (Å²) >= 11 is 0. The molecule has 0 saturated carbocycles. The molecule has 0 unspecified atom stereocenters. The van der Waals surface area contributed by atoms with Crippen LogP contribution in [0.3, 0.4) is 0 Å². The minimum Gasteiger partial charge on any atom is -0.352 e. The van der Waals surface area contributed by atoms with Gasteiger partial charge in [0.1, 0.15) is 0 Å². The average molecular weight is 271 g/mol. The van der Waals surface area contributed by atoms with E-state index in [0.717, 1.165) is 23.2 Å². The van der Waals surface area contributed by atoms with E-state index in [-0.39, 0.29) is 11.3 Å². The fourth-order valence-electron chi connectivity index (χ4n) is 2.16. The first-order chi connectivity index (χ1) is 9.48. The Kier molecular flexibility index (Phi) is 4.23. The molecule has 0 radical (unpaired) electrons. The number of benzene rings is 1. The molecule has 0 atom stereocenters. The van der Waals surface area contributed by atoms with Gasteiger partial charge in [-0.15, -0.1) is 0 Å². The number of nitrogens with one attached hydrogen (secondary N) is 2. The van der Waals surface area contributed by atoms with Crippen molar-refractivity contribution in [2.24, 2.45) is 0 Å². The molecule has 20 heavy (non-hydrogen) atoms. The second kappa shape index (κ2) is 5.90. The molecule has 1 aromatic carbocycles. The van der Waals surface area contributed by atoms with E-state index in [0.29, 0.717) is 6.54 Å². The van der Waals surface area contributed by atoms with Crippen LogP contribution >= 0.6 is 0 Å². The van der Waals surface area contributed by atoms with Gasteiger partial charge in [-0.1, -0.05) is 39.0 Å². The summed E-state index contributed by atoms with van der Waals surface area (Å²) < 4.78 is 0. The van der Waals surface area contributed by atoms with Crippen molar-refractivity contribution in [1.29, 1.82) is 0 Å². The predicted octanol–water partition coefficient (Wildman–Crippen LogP) is 2.68. The van der Waals surface area contributed by atoms with Crippen molar-refractivity contribution in [2.45, 2.75) is 32.6 Å². The summed E-state index contributed by atoms with van der Waals surface area (Å²) in [5.41, 5.74) is 2.73. The highest BCUT2D eigenvalue weighted by molar-refractivity contribution is 5.96. The highest BCUT2D eigenvalue weighted by Crippen LogP contribution is 2.25. The number of carbonyl (C=O) groups is 1. The molecule has 1 amide bonds. The molecule has 4 heteroatoms. The second-order valence-corrected chi connectivity index (χ2v) is 5.86. The van der Waals surface area contributed by atoms with Gasteiger partial charge in [0.05, 0.1) is 12.0 Å². The summed E-state index contributed by atoms with van der Waals surface area (Å²) in [5, 5.41) is 2.96. The van der Waals surface area contributed by atoms with Gasteiger partial charge in [0, 0.05) is 24.7 Å². The molecular weight excluding hydrogens is 250 g/mol. The second-order valence-electron chi connectivity index (χ2n) is 5.86. The lowest BCUT2D eigenvalue weighted by Gasteiger charge is -2.22. The van der Waals surface area contributed by atoms with Gasteiger partial charge in [-0.05, 0) is 17.0 Å². The molecule has 0 aliphatic carbocycles. The number of aromatic nitrogens is 2. The first-order valence-electron chi connectivity index (χ1n) is 6.84. The zero-order valence-corrected chi connectivity index (χ0v) is 12.2. The van der Waals surface area contributed by atoms with Gasteiger partial charge < -0.3 is 10.3 Å². The number of rotatable bonds is 4. The quantitative estimate of drug-likeness (QED) is 0.898. The third kappa shape index (κ3) is 3.47. The van der Waals surface area contributed by atoms with Crippen LogP contribution in [0.25, 0.3) is 0 Å². The van der Waals surface area contributed by atoms with Gasteiger partial charge in [-0.25, -0.2) is 4.98 Å². The van der Waals surface area contributed by atoms with Crippen LogP contribution < -0.4 is 5.32 Å². The average Bonchev–Trinajstić information content (AvgIpc) is 2.91. The number of nitrogens with zero attached hydrogens (tertiary/aromatic N) is 1. The number of aromatic amines is 1. The molecule has 0 aliphatic rings. The molecule has 2 aromatic rings. The SMILES string of the molecule is CC(C)(C)c1ccccc1C(=O)NCCc1c[nH]cn1. The molecule has 0 bridgehead atoms. The molecule has 1 aromatic heterocycles. The fraction of sp³-hybridized carbons (Fsp3) is 0.375. The lowest BCUT2D eigenvalue weighted by atomic mass is 9.83.